The van der Waals surface area contributed by atoms with E-state index in [1.807, 2.05) is 6.07 Å². The van der Waals surface area contributed by atoms with Gasteiger partial charge in [0.05, 0.1) is 25.3 Å². The van der Waals surface area contributed by atoms with E-state index < -0.39 is 11.7 Å². The number of likely N-dealkylation sites (tertiary alicyclic amines) is 1. The SMILES string of the molecule is COc1cc2[nH]cc(C(=O)C(=O)N3CCC(Cc4ccccc4)CC3)c2cc1OC. The first kappa shape index (κ1) is 20.0. The summed E-state index contributed by atoms with van der Waals surface area (Å²) >= 11 is 0. The van der Waals surface area contributed by atoms with E-state index >= 15 is 0 Å². The van der Waals surface area contributed by atoms with E-state index in [4.69, 9.17) is 9.47 Å². The first-order valence-electron chi connectivity index (χ1n) is 10.2. The Hall–Kier alpha value is -3.28. The summed E-state index contributed by atoms with van der Waals surface area (Å²) in [5, 5.41) is 0.657. The number of hydrogen-bond acceptors (Lipinski definition) is 4. The number of methoxy groups -OCH3 is 2. The molecule has 0 unspecified atom stereocenters. The summed E-state index contributed by atoms with van der Waals surface area (Å²) < 4.78 is 10.6. The summed E-state index contributed by atoms with van der Waals surface area (Å²) in [5.74, 6) is 0.695. The fraction of sp³-hybridized carbons (Fsp3) is 0.333. The van der Waals surface area contributed by atoms with Gasteiger partial charge in [-0.2, -0.15) is 0 Å². The van der Waals surface area contributed by atoms with Crippen molar-refractivity contribution >= 4 is 22.6 Å². The summed E-state index contributed by atoms with van der Waals surface area (Å²) in [6.45, 7) is 1.23. The summed E-state index contributed by atoms with van der Waals surface area (Å²) in [6, 6.07) is 13.9. The van der Waals surface area contributed by atoms with Gasteiger partial charge in [-0.05, 0) is 36.8 Å². The fourth-order valence-corrected chi connectivity index (χ4v) is 4.18. The van der Waals surface area contributed by atoms with E-state index in [1.165, 1.54) is 5.56 Å². The number of aromatic nitrogens is 1. The van der Waals surface area contributed by atoms with E-state index in [-0.39, 0.29) is 0 Å². The van der Waals surface area contributed by atoms with Gasteiger partial charge in [0, 0.05) is 30.7 Å². The number of ether oxygens (including phenoxy) is 2. The van der Waals surface area contributed by atoms with Crippen molar-refractivity contribution in [1.29, 1.82) is 0 Å². The molecule has 3 aromatic rings. The van der Waals surface area contributed by atoms with Crippen molar-refractivity contribution in [3.05, 3.63) is 59.8 Å². The minimum absolute atomic E-state index is 0.363. The third-order valence-electron chi connectivity index (χ3n) is 5.89. The first-order chi connectivity index (χ1) is 14.6. The number of benzene rings is 2. The molecule has 0 spiro atoms. The zero-order valence-electron chi connectivity index (χ0n) is 17.3. The number of nitrogens with zero attached hydrogens (tertiary/aromatic N) is 1. The number of H-pyrrole nitrogens is 1. The molecule has 0 aliphatic carbocycles. The lowest BCUT2D eigenvalue weighted by Crippen LogP contribution is -2.42. The Kier molecular flexibility index (Phi) is 5.74. The zero-order chi connectivity index (χ0) is 21.1. The largest absolute Gasteiger partial charge is 0.493 e. The molecule has 1 aliphatic heterocycles. The highest BCUT2D eigenvalue weighted by atomic mass is 16.5. The molecule has 1 aliphatic rings. The monoisotopic (exact) mass is 406 g/mol. The van der Waals surface area contributed by atoms with Crippen LogP contribution in [0.4, 0.5) is 0 Å². The van der Waals surface area contributed by atoms with Crippen molar-refractivity contribution < 1.29 is 19.1 Å². The maximum atomic E-state index is 13.0. The Bertz CT molecular complexity index is 1050. The molecule has 0 atom stereocenters. The van der Waals surface area contributed by atoms with Crippen LogP contribution in [0.3, 0.4) is 0 Å². The minimum atomic E-state index is -0.491. The molecular weight excluding hydrogens is 380 g/mol. The Morgan fingerprint density at radius 3 is 2.37 bits per heavy atom. The second-order valence-electron chi connectivity index (χ2n) is 7.71. The molecule has 4 rings (SSSR count). The number of aromatic amines is 1. The van der Waals surface area contributed by atoms with Crippen molar-refractivity contribution in [3.63, 3.8) is 0 Å². The molecule has 0 bridgehead atoms. The Balaban J connectivity index is 1.45. The lowest BCUT2D eigenvalue weighted by atomic mass is 9.90. The fourth-order valence-electron chi connectivity index (χ4n) is 4.18. The Morgan fingerprint density at radius 1 is 1.03 bits per heavy atom. The number of carbonyl (C=O) groups excluding carboxylic acids is 2. The average molecular weight is 406 g/mol. The van der Waals surface area contributed by atoms with Gasteiger partial charge in [-0.15, -0.1) is 0 Å². The number of nitrogens with one attached hydrogen (secondary N) is 1. The second kappa shape index (κ2) is 8.61. The lowest BCUT2D eigenvalue weighted by molar-refractivity contribution is -0.127. The Labute approximate surface area is 175 Å². The molecule has 6 nitrogen and oxygen atoms in total. The van der Waals surface area contributed by atoms with E-state index in [1.54, 1.807) is 37.4 Å². The van der Waals surface area contributed by atoms with Crippen LogP contribution in [0.2, 0.25) is 0 Å². The highest BCUT2D eigenvalue weighted by molar-refractivity contribution is 6.44. The topological polar surface area (TPSA) is 71.6 Å². The molecule has 1 fully saturated rings. The van der Waals surface area contributed by atoms with Gasteiger partial charge < -0.3 is 19.4 Å². The van der Waals surface area contributed by atoms with Crippen molar-refractivity contribution in [1.82, 2.24) is 9.88 Å². The van der Waals surface area contributed by atoms with Crippen LogP contribution in [0.5, 0.6) is 11.5 Å². The molecule has 0 radical (unpaired) electrons. The first-order valence-corrected chi connectivity index (χ1v) is 10.2. The minimum Gasteiger partial charge on any atom is -0.493 e. The third-order valence-corrected chi connectivity index (χ3v) is 5.89. The number of carbonyl (C=O) groups is 2. The van der Waals surface area contributed by atoms with Crippen molar-refractivity contribution in [2.24, 2.45) is 5.92 Å². The maximum Gasteiger partial charge on any atom is 0.295 e. The van der Waals surface area contributed by atoms with Crippen LogP contribution < -0.4 is 9.47 Å². The number of fused-ring (bicyclic) bond motifs is 1. The molecule has 1 amide bonds. The standard InChI is InChI=1S/C24H26N2O4/c1-29-21-13-18-19(15-25-20(18)14-22(21)30-2)23(27)24(28)26-10-8-17(9-11-26)12-16-6-4-3-5-7-16/h3-7,13-15,17,25H,8-12H2,1-2H3. The van der Waals surface area contributed by atoms with Crippen molar-refractivity contribution in [2.75, 3.05) is 27.3 Å². The number of hydrogen-bond donors (Lipinski definition) is 1. The molecule has 156 valence electrons. The summed E-state index contributed by atoms with van der Waals surface area (Å²) in [6.07, 6.45) is 4.42. The zero-order valence-corrected chi connectivity index (χ0v) is 17.3. The van der Waals surface area contributed by atoms with E-state index in [0.29, 0.717) is 41.5 Å². The number of rotatable bonds is 6. The molecule has 1 saturated heterocycles. The van der Waals surface area contributed by atoms with Crippen molar-refractivity contribution in [2.45, 2.75) is 19.3 Å². The van der Waals surface area contributed by atoms with Gasteiger partial charge in [0.15, 0.2) is 11.5 Å². The van der Waals surface area contributed by atoms with Crippen LogP contribution >= 0.6 is 0 Å². The second-order valence-corrected chi connectivity index (χ2v) is 7.71. The average Bonchev–Trinajstić information content (AvgIpc) is 3.21. The predicted octanol–water partition coefficient (Wildman–Crippen LogP) is 3.85. The van der Waals surface area contributed by atoms with Gasteiger partial charge in [-0.1, -0.05) is 30.3 Å². The highest BCUT2D eigenvalue weighted by Crippen LogP contribution is 2.33. The number of Topliss-reactive ketones (excluding diaryl/α,β-unsaturated/α-hetero) is 1. The van der Waals surface area contributed by atoms with E-state index in [9.17, 15) is 9.59 Å². The third kappa shape index (κ3) is 3.90. The number of piperidine rings is 1. The van der Waals surface area contributed by atoms with Crippen LogP contribution in [0.25, 0.3) is 10.9 Å². The van der Waals surface area contributed by atoms with Gasteiger partial charge in [-0.25, -0.2) is 0 Å². The van der Waals surface area contributed by atoms with Crippen LogP contribution in [-0.4, -0.2) is 48.9 Å². The van der Waals surface area contributed by atoms with Gasteiger partial charge >= 0.3 is 0 Å². The summed E-state index contributed by atoms with van der Waals surface area (Å²) in [7, 11) is 3.10. The lowest BCUT2D eigenvalue weighted by Gasteiger charge is -2.31. The van der Waals surface area contributed by atoms with E-state index in [0.717, 1.165) is 24.8 Å². The van der Waals surface area contributed by atoms with Gasteiger partial charge in [0.25, 0.3) is 11.7 Å². The quantitative estimate of drug-likeness (QED) is 0.499. The summed E-state index contributed by atoms with van der Waals surface area (Å²) in [5.41, 5.74) is 2.41. The van der Waals surface area contributed by atoms with E-state index in [2.05, 4.69) is 29.2 Å². The van der Waals surface area contributed by atoms with Crippen LogP contribution in [0.1, 0.15) is 28.8 Å². The molecule has 30 heavy (non-hydrogen) atoms. The molecular formula is C24H26N2O4. The van der Waals surface area contributed by atoms with Crippen molar-refractivity contribution in [3.8, 4) is 11.5 Å². The van der Waals surface area contributed by atoms with Gasteiger partial charge in [0.2, 0.25) is 0 Å². The maximum absolute atomic E-state index is 13.0. The van der Waals surface area contributed by atoms with Crippen LogP contribution in [0, 0.1) is 5.92 Å². The van der Waals surface area contributed by atoms with Gasteiger partial charge in [0.1, 0.15) is 0 Å². The predicted molar refractivity (Wildman–Crippen MR) is 115 cm³/mol. The molecule has 2 aromatic carbocycles. The normalized spacial score (nSPS) is 14.7. The highest BCUT2D eigenvalue weighted by Gasteiger charge is 2.29. The molecule has 2 heterocycles. The molecule has 6 heteroatoms. The molecule has 1 aromatic heterocycles. The smallest absolute Gasteiger partial charge is 0.295 e. The van der Waals surface area contributed by atoms with Gasteiger partial charge in [-0.3, -0.25) is 9.59 Å². The van der Waals surface area contributed by atoms with Crippen LogP contribution in [-0.2, 0) is 11.2 Å². The molecule has 0 saturated carbocycles. The summed E-state index contributed by atoms with van der Waals surface area (Å²) in [4.78, 5) is 30.6. The van der Waals surface area contributed by atoms with Crippen LogP contribution in [0.15, 0.2) is 48.7 Å². The molecule has 1 N–H and O–H groups in total. The Morgan fingerprint density at radius 2 is 1.70 bits per heavy atom. The number of ketones is 1. The number of amides is 1.